The Balaban J connectivity index is 1.94. The summed E-state index contributed by atoms with van der Waals surface area (Å²) in [5.41, 5.74) is 0.356. The Bertz CT molecular complexity index is 383. The second kappa shape index (κ2) is 5.91. The van der Waals surface area contributed by atoms with E-state index in [0.717, 1.165) is 10.9 Å². The lowest BCUT2D eigenvalue weighted by Gasteiger charge is -2.37. The van der Waals surface area contributed by atoms with E-state index in [-0.39, 0.29) is 0 Å². The summed E-state index contributed by atoms with van der Waals surface area (Å²) in [5.74, 6) is 0. The van der Waals surface area contributed by atoms with Gasteiger partial charge < -0.3 is 10.2 Å². The number of thiophene rings is 1. The highest BCUT2D eigenvalue weighted by Crippen LogP contribution is 2.34. The topological polar surface area (TPSA) is 15.3 Å². The molecule has 2 rings (SSSR count). The molecule has 0 amide bonds. The molecule has 1 aliphatic carbocycles. The predicted octanol–water partition coefficient (Wildman–Crippen LogP) is 3.93. The first kappa shape index (κ1) is 14.3. The molecule has 0 radical (unpaired) electrons. The van der Waals surface area contributed by atoms with Gasteiger partial charge in [0.15, 0.2) is 0 Å². The summed E-state index contributed by atoms with van der Waals surface area (Å²) in [7, 11) is 4.42. The van der Waals surface area contributed by atoms with Gasteiger partial charge in [0.1, 0.15) is 0 Å². The normalized spacial score (nSPS) is 20.5. The summed E-state index contributed by atoms with van der Waals surface area (Å²) in [6.45, 7) is 3.29. The molecule has 1 aromatic rings. The van der Waals surface area contributed by atoms with Gasteiger partial charge in [-0.05, 0) is 46.0 Å². The van der Waals surface area contributed by atoms with Gasteiger partial charge in [0, 0.05) is 23.0 Å². The van der Waals surface area contributed by atoms with Crippen molar-refractivity contribution in [1.29, 1.82) is 0 Å². The van der Waals surface area contributed by atoms with Crippen molar-refractivity contribution in [3.05, 3.63) is 21.3 Å². The largest absolute Gasteiger partial charge is 0.308 e. The summed E-state index contributed by atoms with van der Waals surface area (Å²) in [5, 5.41) is 3.69. The van der Waals surface area contributed by atoms with Crippen LogP contribution in [0.25, 0.3) is 0 Å². The summed E-state index contributed by atoms with van der Waals surface area (Å²) in [4.78, 5) is 3.73. The average Bonchev–Trinajstić information content (AvgIpc) is 2.95. The minimum absolute atomic E-state index is 0.356. The fourth-order valence-corrected chi connectivity index (χ4v) is 3.91. The standard InChI is InChI=1S/C14H23ClN2S/c1-11(12-6-7-13(15)18-12)16-10-14(17(2)3)8-4-5-9-14/h6-7,11,16H,4-5,8-10H2,1-3H3. The van der Waals surface area contributed by atoms with Crippen LogP contribution in [0.3, 0.4) is 0 Å². The highest BCUT2D eigenvalue weighted by Gasteiger charge is 2.35. The zero-order chi connectivity index (χ0) is 13.2. The van der Waals surface area contributed by atoms with E-state index in [1.807, 2.05) is 6.07 Å². The minimum atomic E-state index is 0.356. The van der Waals surface area contributed by atoms with Crippen molar-refractivity contribution in [3.8, 4) is 0 Å². The predicted molar refractivity (Wildman–Crippen MR) is 80.6 cm³/mol. The molecule has 0 bridgehead atoms. The van der Waals surface area contributed by atoms with Crippen molar-refractivity contribution in [2.24, 2.45) is 0 Å². The highest BCUT2D eigenvalue weighted by atomic mass is 35.5. The van der Waals surface area contributed by atoms with Crippen LogP contribution in [0.5, 0.6) is 0 Å². The van der Waals surface area contributed by atoms with Gasteiger partial charge in [0.05, 0.1) is 4.34 Å². The van der Waals surface area contributed by atoms with Crippen molar-refractivity contribution in [2.45, 2.75) is 44.2 Å². The zero-order valence-electron chi connectivity index (χ0n) is 11.5. The molecule has 0 aliphatic heterocycles. The third-order valence-corrected chi connectivity index (χ3v) is 5.65. The summed E-state index contributed by atoms with van der Waals surface area (Å²) in [6, 6.07) is 4.50. The summed E-state index contributed by atoms with van der Waals surface area (Å²) in [6.07, 6.45) is 5.34. The smallest absolute Gasteiger partial charge is 0.0931 e. The molecule has 102 valence electrons. The summed E-state index contributed by atoms with van der Waals surface area (Å²) < 4.78 is 0.877. The number of halogens is 1. The maximum Gasteiger partial charge on any atom is 0.0931 e. The molecule has 0 spiro atoms. The van der Waals surface area contributed by atoms with Crippen LogP contribution in [0.2, 0.25) is 4.34 Å². The van der Waals surface area contributed by atoms with Gasteiger partial charge in [-0.3, -0.25) is 0 Å². The van der Waals surface area contributed by atoms with Crippen molar-refractivity contribution in [2.75, 3.05) is 20.6 Å². The molecule has 1 saturated carbocycles. The first-order valence-electron chi connectivity index (χ1n) is 6.69. The SMILES string of the molecule is CC(NCC1(N(C)C)CCCC1)c1ccc(Cl)s1. The Hall–Kier alpha value is -0.0900. The number of hydrogen-bond acceptors (Lipinski definition) is 3. The number of likely N-dealkylation sites (N-methyl/N-ethyl adjacent to an activating group) is 1. The molecule has 1 N–H and O–H groups in total. The van der Waals surface area contributed by atoms with Gasteiger partial charge >= 0.3 is 0 Å². The van der Waals surface area contributed by atoms with E-state index in [1.165, 1.54) is 30.6 Å². The van der Waals surface area contributed by atoms with Crippen LogP contribution in [0, 0.1) is 0 Å². The Labute approximate surface area is 119 Å². The minimum Gasteiger partial charge on any atom is -0.308 e. The fraction of sp³-hybridized carbons (Fsp3) is 0.714. The van der Waals surface area contributed by atoms with Crippen LogP contribution in [0.4, 0.5) is 0 Å². The van der Waals surface area contributed by atoms with E-state index in [4.69, 9.17) is 11.6 Å². The average molecular weight is 287 g/mol. The lowest BCUT2D eigenvalue weighted by atomic mass is 9.95. The molecule has 1 heterocycles. The first-order valence-corrected chi connectivity index (χ1v) is 7.89. The fourth-order valence-electron chi connectivity index (χ4n) is 2.82. The van der Waals surface area contributed by atoms with Gasteiger partial charge in [0.25, 0.3) is 0 Å². The third kappa shape index (κ3) is 3.08. The maximum atomic E-state index is 5.99. The van der Waals surface area contributed by atoms with E-state index in [9.17, 15) is 0 Å². The maximum absolute atomic E-state index is 5.99. The van der Waals surface area contributed by atoms with E-state index in [1.54, 1.807) is 11.3 Å². The Kier molecular flexibility index (Phi) is 4.70. The van der Waals surface area contributed by atoms with Crippen molar-refractivity contribution < 1.29 is 0 Å². The lowest BCUT2D eigenvalue weighted by molar-refractivity contribution is 0.150. The van der Waals surface area contributed by atoms with Gasteiger partial charge in [0.2, 0.25) is 0 Å². The van der Waals surface area contributed by atoms with Crippen LogP contribution in [0.15, 0.2) is 12.1 Å². The van der Waals surface area contributed by atoms with Crippen molar-refractivity contribution in [1.82, 2.24) is 10.2 Å². The van der Waals surface area contributed by atoms with Gasteiger partial charge in [-0.2, -0.15) is 0 Å². The molecule has 0 aromatic carbocycles. The molecule has 0 saturated heterocycles. The Morgan fingerprint density at radius 2 is 2.06 bits per heavy atom. The van der Waals surface area contributed by atoms with Crippen LogP contribution < -0.4 is 5.32 Å². The van der Waals surface area contributed by atoms with E-state index < -0.39 is 0 Å². The number of nitrogens with one attached hydrogen (secondary N) is 1. The van der Waals surface area contributed by atoms with E-state index in [2.05, 4.69) is 37.3 Å². The quantitative estimate of drug-likeness (QED) is 0.882. The first-order chi connectivity index (χ1) is 8.53. The van der Waals surface area contributed by atoms with Crippen molar-refractivity contribution >= 4 is 22.9 Å². The molecule has 1 fully saturated rings. The second-order valence-electron chi connectivity index (χ2n) is 5.57. The third-order valence-electron chi connectivity index (χ3n) is 4.24. The number of rotatable bonds is 5. The highest BCUT2D eigenvalue weighted by molar-refractivity contribution is 7.16. The molecule has 1 unspecified atom stereocenters. The zero-order valence-corrected chi connectivity index (χ0v) is 13.1. The monoisotopic (exact) mass is 286 g/mol. The molecule has 4 heteroatoms. The van der Waals surface area contributed by atoms with Crippen LogP contribution in [-0.2, 0) is 0 Å². The molecular weight excluding hydrogens is 264 g/mol. The van der Waals surface area contributed by atoms with Gasteiger partial charge in [-0.1, -0.05) is 24.4 Å². The number of hydrogen-bond donors (Lipinski definition) is 1. The molecule has 2 nitrogen and oxygen atoms in total. The second-order valence-corrected chi connectivity index (χ2v) is 7.32. The molecule has 1 atom stereocenters. The summed E-state index contributed by atoms with van der Waals surface area (Å²) >= 11 is 7.67. The molecule has 1 aromatic heterocycles. The molecular formula is C14H23ClN2S. The van der Waals surface area contributed by atoms with E-state index in [0.29, 0.717) is 11.6 Å². The molecule has 1 aliphatic rings. The van der Waals surface area contributed by atoms with Gasteiger partial charge in [-0.15, -0.1) is 11.3 Å². The lowest BCUT2D eigenvalue weighted by Crippen LogP contribution is -2.49. The van der Waals surface area contributed by atoms with Crippen LogP contribution in [-0.4, -0.2) is 31.1 Å². The van der Waals surface area contributed by atoms with Crippen molar-refractivity contribution in [3.63, 3.8) is 0 Å². The Morgan fingerprint density at radius 3 is 2.56 bits per heavy atom. The van der Waals surface area contributed by atoms with Crippen LogP contribution >= 0.6 is 22.9 Å². The van der Waals surface area contributed by atoms with Crippen LogP contribution in [0.1, 0.15) is 43.5 Å². The van der Waals surface area contributed by atoms with Gasteiger partial charge in [-0.25, -0.2) is 0 Å². The van der Waals surface area contributed by atoms with E-state index >= 15 is 0 Å². The molecule has 18 heavy (non-hydrogen) atoms. The Morgan fingerprint density at radius 1 is 1.39 bits per heavy atom. The number of nitrogens with zero attached hydrogens (tertiary/aromatic N) is 1.